The van der Waals surface area contributed by atoms with Crippen molar-refractivity contribution in [1.82, 2.24) is 24.1 Å². The van der Waals surface area contributed by atoms with Gasteiger partial charge in [0, 0.05) is 40.0 Å². The third-order valence-electron chi connectivity index (χ3n) is 5.74. The Morgan fingerprint density at radius 3 is 2.71 bits per heavy atom. The van der Waals surface area contributed by atoms with Crippen molar-refractivity contribution in [2.24, 2.45) is 0 Å². The highest BCUT2D eigenvalue weighted by Gasteiger charge is 2.25. The van der Waals surface area contributed by atoms with Gasteiger partial charge in [-0.1, -0.05) is 19.6 Å². The zero-order chi connectivity index (χ0) is 24.3. The second-order valence-electron chi connectivity index (χ2n) is 9.51. The van der Waals surface area contributed by atoms with Crippen molar-refractivity contribution >= 4 is 30.9 Å². The molecule has 12 heteroatoms. The average molecular weight is 491 g/mol. The van der Waals surface area contributed by atoms with Crippen LogP contribution in [0.2, 0.25) is 25.7 Å². The molecule has 3 aromatic heterocycles. The van der Waals surface area contributed by atoms with Crippen LogP contribution in [0.3, 0.4) is 0 Å². The molecule has 4 heterocycles. The van der Waals surface area contributed by atoms with E-state index in [9.17, 15) is 9.18 Å². The number of hydrogen-bond acceptors (Lipinski definition) is 8. The number of rotatable bonds is 9. The quantitative estimate of drug-likeness (QED) is 0.359. The molecule has 34 heavy (non-hydrogen) atoms. The minimum atomic E-state index is -1.25. The second-order valence-corrected chi connectivity index (χ2v) is 15.1. The van der Waals surface area contributed by atoms with Gasteiger partial charge in [-0.05, 0) is 18.9 Å². The summed E-state index contributed by atoms with van der Waals surface area (Å²) in [6, 6.07) is 2.22. The topological polar surface area (TPSA) is 105 Å². The van der Waals surface area contributed by atoms with Gasteiger partial charge in [0.2, 0.25) is 11.8 Å². The fourth-order valence-corrected chi connectivity index (χ4v) is 4.61. The number of imidazole rings is 1. The summed E-state index contributed by atoms with van der Waals surface area (Å²) in [5.74, 6) is -0.110. The number of aromatic nitrogens is 5. The highest BCUT2D eigenvalue weighted by Crippen LogP contribution is 2.27. The van der Waals surface area contributed by atoms with Crippen LogP contribution in [0.5, 0.6) is 5.88 Å². The van der Waals surface area contributed by atoms with E-state index in [0.717, 1.165) is 12.2 Å². The Bertz CT molecular complexity index is 1200. The molecule has 1 fully saturated rings. The first kappa shape index (κ1) is 24.3. The lowest BCUT2D eigenvalue weighted by Crippen LogP contribution is -2.31. The Hall–Kier alpha value is -2.83. The lowest BCUT2D eigenvalue weighted by molar-refractivity contribution is 0.0669. The van der Waals surface area contributed by atoms with Gasteiger partial charge in [-0.3, -0.25) is 9.13 Å². The number of nitrogens with one attached hydrogen (secondary N) is 1. The molecule has 0 unspecified atom stereocenters. The number of fused-ring (bicyclic) bond motifs is 1. The van der Waals surface area contributed by atoms with Gasteiger partial charge in [-0.15, -0.1) is 0 Å². The summed E-state index contributed by atoms with van der Waals surface area (Å²) in [5, 5.41) is 2.96. The van der Waals surface area contributed by atoms with Gasteiger partial charge >= 0.3 is 5.69 Å². The lowest BCUT2D eigenvalue weighted by atomic mass is 10.1. The van der Waals surface area contributed by atoms with Crippen LogP contribution in [0.4, 0.5) is 16.0 Å². The van der Waals surface area contributed by atoms with E-state index in [-0.39, 0.29) is 36.0 Å². The average Bonchev–Trinajstić information content (AvgIpc) is 3.07. The molecule has 1 saturated heterocycles. The van der Waals surface area contributed by atoms with Crippen LogP contribution in [-0.4, -0.2) is 59.1 Å². The number of nitrogens with zero attached hydrogens (tertiary/aromatic N) is 5. The molecule has 0 aromatic carbocycles. The fraction of sp³-hybridized carbons (Fsp3) is 0.545. The predicted molar refractivity (Wildman–Crippen MR) is 129 cm³/mol. The Balaban J connectivity index is 1.69. The maximum Gasteiger partial charge on any atom is 0.332 e. The summed E-state index contributed by atoms with van der Waals surface area (Å²) in [5.41, 5.74) is 1.17. The number of halogens is 1. The summed E-state index contributed by atoms with van der Waals surface area (Å²) in [4.78, 5) is 26.3. The normalized spacial score (nSPS) is 15.1. The van der Waals surface area contributed by atoms with Crippen LogP contribution < -0.4 is 15.7 Å². The molecule has 1 N–H and O–H groups in total. The molecule has 10 nitrogen and oxygen atoms in total. The maximum absolute atomic E-state index is 13.8. The van der Waals surface area contributed by atoms with Crippen LogP contribution >= 0.6 is 0 Å². The van der Waals surface area contributed by atoms with Crippen molar-refractivity contribution in [2.45, 2.75) is 51.3 Å². The lowest BCUT2D eigenvalue weighted by Gasteiger charge is -2.22. The van der Waals surface area contributed by atoms with Gasteiger partial charge in [0.25, 0.3) is 0 Å². The Morgan fingerprint density at radius 1 is 1.24 bits per heavy atom. The van der Waals surface area contributed by atoms with E-state index < -0.39 is 13.9 Å². The molecule has 0 aliphatic carbocycles. The molecule has 4 rings (SSSR count). The Labute approximate surface area is 198 Å². The molecule has 3 aromatic rings. The molecule has 0 atom stereocenters. The summed E-state index contributed by atoms with van der Waals surface area (Å²) >= 11 is 0. The first-order chi connectivity index (χ1) is 16.3. The summed E-state index contributed by atoms with van der Waals surface area (Å²) in [6.07, 6.45) is 4.08. The highest BCUT2D eigenvalue weighted by molar-refractivity contribution is 6.76. The molecular formula is C22H31FN6O4Si. The molecule has 184 valence electrons. The van der Waals surface area contributed by atoms with E-state index in [1.54, 1.807) is 15.3 Å². The minimum Gasteiger partial charge on any atom is -0.480 e. The van der Waals surface area contributed by atoms with E-state index in [2.05, 4.69) is 39.9 Å². The Kier molecular flexibility index (Phi) is 7.29. The van der Waals surface area contributed by atoms with Crippen molar-refractivity contribution in [2.75, 3.05) is 32.2 Å². The SMILES string of the molecule is COc1ncc(F)cc1Nc1ncc2c(n1)n(C1CCOCC1)c(=O)n2COCC[Si](C)(C)C. The molecule has 0 amide bonds. The number of anilines is 2. The molecule has 1 aliphatic rings. The van der Waals surface area contributed by atoms with E-state index in [4.69, 9.17) is 14.2 Å². The van der Waals surface area contributed by atoms with Crippen molar-refractivity contribution in [3.05, 3.63) is 34.8 Å². The predicted octanol–water partition coefficient (Wildman–Crippen LogP) is 3.54. The van der Waals surface area contributed by atoms with Crippen LogP contribution in [0.25, 0.3) is 11.2 Å². The van der Waals surface area contributed by atoms with E-state index in [1.807, 2.05) is 0 Å². The van der Waals surface area contributed by atoms with Gasteiger partial charge in [0.1, 0.15) is 23.8 Å². The number of pyridine rings is 1. The zero-order valence-electron chi connectivity index (χ0n) is 20.0. The van der Waals surface area contributed by atoms with Crippen LogP contribution in [0.1, 0.15) is 18.9 Å². The van der Waals surface area contributed by atoms with Crippen molar-refractivity contribution in [1.29, 1.82) is 0 Å². The first-order valence-corrected chi connectivity index (χ1v) is 15.1. The van der Waals surface area contributed by atoms with Crippen LogP contribution in [-0.2, 0) is 16.2 Å². The summed E-state index contributed by atoms with van der Waals surface area (Å²) in [7, 11) is 0.198. The number of ether oxygens (including phenoxy) is 3. The summed E-state index contributed by atoms with van der Waals surface area (Å²) in [6.45, 7) is 8.74. The van der Waals surface area contributed by atoms with Gasteiger partial charge in [0.15, 0.2) is 5.65 Å². The molecule has 0 saturated carbocycles. The zero-order valence-corrected chi connectivity index (χ0v) is 21.0. The van der Waals surface area contributed by atoms with E-state index >= 15 is 0 Å². The smallest absolute Gasteiger partial charge is 0.332 e. The Morgan fingerprint density at radius 2 is 2.00 bits per heavy atom. The number of methoxy groups -OCH3 is 1. The highest BCUT2D eigenvalue weighted by atomic mass is 28.3. The van der Waals surface area contributed by atoms with Crippen LogP contribution in [0.15, 0.2) is 23.3 Å². The standard InChI is InChI=1S/C22H31FN6O4Si/c1-31-20-17(11-15(23)12-24-20)26-21-25-13-18-19(27-21)29(16-5-7-32-8-6-16)22(30)28(18)14-33-9-10-34(2,3)4/h11-13,16H,5-10,14H2,1-4H3,(H,25,26,27). The number of hydrogen-bond donors (Lipinski definition) is 1. The van der Waals surface area contributed by atoms with Gasteiger partial charge in [-0.25, -0.2) is 19.2 Å². The molecular weight excluding hydrogens is 459 g/mol. The third-order valence-corrected chi connectivity index (χ3v) is 7.44. The van der Waals surface area contributed by atoms with Gasteiger partial charge < -0.3 is 19.5 Å². The summed E-state index contributed by atoms with van der Waals surface area (Å²) < 4.78 is 33.6. The monoisotopic (exact) mass is 490 g/mol. The molecule has 0 radical (unpaired) electrons. The first-order valence-electron chi connectivity index (χ1n) is 11.4. The molecule has 0 spiro atoms. The van der Waals surface area contributed by atoms with Crippen molar-refractivity contribution in [3.63, 3.8) is 0 Å². The second kappa shape index (κ2) is 10.2. The van der Waals surface area contributed by atoms with E-state index in [0.29, 0.717) is 43.8 Å². The van der Waals surface area contributed by atoms with Gasteiger partial charge in [0.05, 0.1) is 19.5 Å². The van der Waals surface area contributed by atoms with Crippen molar-refractivity contribution < 1.29 is 18.6 Å². The van der Waals surface area contributed by atoms with Crippen molar-refractivity contribution in [3.8, 4) is 5.88 Å². The van der Waals surface area contributed by atoms with Gasteiger partial charge in [-0.2, -0.15) is 4.98 Å². The maximum atomic E-state index is 13.8. The fourth-order valence-electron chi connectivity index (χ4n) is 3.85. The third kappa shape index (κ3) is 5.45. The largest absolute Gasteiger partial charge is 0.480 e. The van der Waals surface area contributed by atoms with E-state index in [1.165, 1.54) is 13.2 Å². The minimum absolute atomic E-state index is 0.0416. The molecule has 0 bridgehead atoms. The molecule has 1 aliphatic heterocycles. The van der Waals surface area contributed by atoms with Crippen LogP contribution in [0, 0.1) is 5.82 Å².